The van der Waals surface area contributed by atoms with Crippen LogP contribution >= 0.6 is 0 Å². The monoisotopic (exact) mass is 380 g/mol. The summed E-state index contributed by atoms with van der Waals surface area (Å²) in [5, 5.41) is 2.49. The molecule has 0 atom stereocenters. The maximum Gasteiger partial charge on any atom is 0.338 e. The van der Waals surface area contributed by atoms with Crippen molar-refractivity contribution < 1.29 is 22.7 Å². The van der Waals surface area contributed by atoms with Crippen molar-refractivity contribution in [2.45, 2.75) is 30.6 Å². The number of rotatable bonds is 7. The fourth-order valence-corrected chi connectivity index (χ4v) is 4.16. The van der Waals surface area contributed by atoms with Crippen molar-refractivity contribution in [2.24, 2.45) is 0 Å². The molecule has 0 saturated carbocycles. The van der Waals surface area contributed by atoms with Crippen LogP contribution in [0.5, 0.6) is 0 Å². The molecule has 1 aromatic rings. The molecular weight excluding hydrogens is 356 g/mol. The van der Waals surface area contributed by atoms with Crippen LogP contribution in [0.2, 0.25) is 0 Å². The zero-order valence-electron chi connectivity index (χ0n) is 14.6. The molecule has 7 nitrogen and oxygen atoms in total. The molecular formula is C18H24N2O5S. The second-order valence-electron chi connectivity index (χ2n) is 6.01. The van der Waals surface area contributed by atoms with Crippen molar-refractivity contribution >= 4 is 21.9 Å². The molecule has 1 saturated heterocycles. The van der Waals surface area contributed by atoms with Gasteiger partial charge in [-0.3, -0.25) is 4.79 Å². The summed E-state index contributed by atoms with van der Waals surface area (Å²) < 4.78 is 31.8. The van der Waals surface area contributed by atoms with Gasteiger partial charge < -0.3 is 10.1 Å². The summed E-state index contributed by atoms with van der Waals surface area (Å²) >= 11 is 0. The summed E-state index contributed by atoms with van der Waals surface area (Å²) in [5.41, 5.74) is 0.191. The average Bonchev–Trinajstić information content (AvgIpc) is 2.94. The Morgan fingerprint density at radius 2 is 1.73 bits per heavy atom. The third kappa shape index (κ3) is 5.40. The molecule has 1 amide bonds. The highest BCUT2D eigenvalue weighted by molar-refractivity contribution is 7.89. The molecule has 0 bridgehead atoms. The lowest BCUT2D eigenvalue weighted by molar-refractivity contribution is -0.124. The molecule has 1 N–H and O–H groups in total. The van der Waals surface area contributed by atoms with E-state index in [2.05, 4.69) is 11.9 Å². The number of sulfonamides is 1. The Balaban J connectivity index is 1.99. The zero-order chi connectivity index (χ0) is 19.0. The average molecular weight is 380 g/mol. The third-order valence-corrected chi connectivity index (χ3v) is 5.98. The van der Waals surface area contributed by atoms with Crippen molar-refractivity contribution in [2.75, 3.05) is 26.2 Å². The third-order valence-electron chi connectivity index (χ3n) is 4.07. The van der Waals surface area contributed by atoms with Crippen LogP contribution in [-0.2, 0) is 19.6 Å². The summed E-state index contributed by atoms with van der Waals surface area (Å²) in [6.07, 6.45) is 5.31. The predicted octanol–water partition coefficient (Wildman–Crippen LogP) is 1.71. The van der Waals surface area contributed by atoms with Gasteiger partial charge in [0, 0.05) is 19.6 Å². The molecule has 1 aliphatic heterocycles. The first-order valence-corrected chi connectivity index (χ1v) is 10.0. The number of carbonyl (C=O) groups excluding carboxylic acids is 2. The lowest BCUT2D eigenvalue weighted by Gasteiger charge is -2.19. The first-order chi connectivity index (χ1) is 12.4. The Morgan fingerprint density at radius 3 is 2.31 bits per heavy atom. The SMILES string of the molecule is C=CCNC(=O)COC(=O)c1ccc(S(=O)(=O)N2CCCCCC2)cc1. The summed E-state index contributed by atoms with van der Waals surface area (Å²) in [5.74, 6) is -1.11. The summed E-state index contributed by atoms with van der Waals surface area (Å²) in [7, 11) is -3.56. The topological polar surface area (TPSA) is 92.8 Å². The van der Waals surface area contributed by atoms with Crippen LogP contribution < -0.4 is 5.32 Å². The molecule has 0 aliphatic carbocycles. The van der Waals surface area contributed by atoms with Gasteiger partial charge in [0.2, 0.25) is 10.0 Å². The van der Waals surface area contributed by atoms with Crippen LogP contribution in [0.25, 0.3) is 0 Å². The summed E-state index contributed by atoms with van der Waals surface area (Å²) in [6.45, 7) is 4.40. The van der Waals surface area contributed by atoms with E-state index >= 15 is 0 Å². The fraction of sp³-hybridized carbons (Fsp3) is 0.444. The lowest BCUT2D eigenvalue weighted by atomic mass is 10.2. The van der Waals surface area contributed by atoms with Crippen LogP contribution in [0.15, 0.2) is 41.8 Å². The molecule has 2 rings (SSSR count). The number of hydrogen-bond acceptors (Lipinski definition) is 5. The highest BCUT2D eigenvalue weighted by Crippen LogP contribution is 2.20. The van der Waals surface area contributed by atoms with Crippen LogP contribution in [0.1, 0.15) is 36.0 Å². The first-order valence-electron chi connectivity index (χ1n) is 8.60. The van der Waals surface area contributed by atoms with Crippen molar-refractivity contribution in [3.63, 3.8) is 0 Å². The van der Waals surface area contributed by atoms with E-state index in [9.17, 15) is 18.0 Å². The van der Waals surface area contributed by atoms with Gasteiger partial charge in [0.15, 0.2) is 6.61 Å². The maximum absolute atomic E-state index is 12.7. The Kier molecular flexibility index (Phi) is 7.35. The second-order valence-corrected chi connectivity index (χ2v) is 7.95. The van der Waals surface area contributed by atoms with E-state index in [4.69, 9.17) is 4.74 Å². The van der Waals surface area contributed by atoms with Gasteiger partial charge in [-0.05, 0) is 37.1 Å². The molecule has 1 fully saturated rings. The maximum atomic E-state index is 12.7. The number of hydrogen-bond donors (Lipinski definition) is 1. The van der Waals surface area contributed by atoms with Gasteiger partial charge in [-0.15, -0.1) is 6.58 Å². The molecule has 0 radical (unpaired) electrons. The minimum atomic E-state index is -3.56. The first kappa shape index (κ1) is 20.1. The Bertz CT molecular complexity index is 735. The Hall–Kier alpha value is -2.19. The number of benzene rings is 1. The number of nitrogens with zero attached hydrogens (tertiary/aromatic N) is 1. The largest absolute Gasteiger partial charge is 0.452 e. The molecule has 1 aliphatic rings. The molecule has 1 heterocycles. The smallest absolute Gasteiger partial charge is 0.338 e. The van der Waals surface area contributed by atoms with E-state index in [1.807, 2.05) is 0 Å². The predicted molar refractivity (Wildman–Crippen MR) is 97.2 cm³/mol. The lowest BCUT2D eigenvalue weighted by Crippen LogP contribution is -2.32. The van der Waals surface area contributed by atoms with Crippen molar-refractivity contribution in [3.8, 4) is 0 Å². The van der Waals surface area contributed by atoms with Gasteiger partial charge in [-0.2, -0.15) is 4.31 Å². The minimum Gasteiger partial charge on any atom is -0.452 e. The Labute approximate surface area is 154 Å². The van der Waals surface area contributed by atoms with Crippen LogP contribution in [-0.4, -0.2) is 50.8 Å². The highest BCUT2D eigenvalue weighted by atomic mass is 32.2. The van der Waals surface area contributed by atoms with Gasteiger partial charge in [0.25, 0.3) is 5.91 Å². The zero-order valence-corrected chi connectivity index (χ0v) is 15.5. The van der Waals surface area contributed by atoms with E-state index in [0.29, 0.717) is 19.6 Å². The number of ether oxygens (including phenoxy) is 1. The molecule has 26 heavy (non-hydrogen) atoms. The van der Waals surface area contributed by atoms with Crippen molar-refractivity contribution in [3.05, 3.63) is 42.5 Å². The van der Waals surface area contributed by atoms with Crippen molar-refractivity contribution in [1.29, 1.82) is 0 Å². The minimum absolute atomic E-state index is 0.152. The molecule has 1 aromatic carbocycles. The molecule has 0 spiro atoms. The molecule has 0 aromatic heterocycles. The second kappa shape index (κ2) is 9.49. The van der Waals surface area contributed by atoms with Crippen molar-refractivity contribution in [1.82, 2.24) is 9.62 Å². The van der Waals surface area contributed by atoms with Crippen LogP contribution in [0.3, 0.4) is 0 Å². The number of amides is 1. The van der Waals surface area contributed by atoms with E-state index in [0.717, 1.165) is 25.7 Å². The standard InChI is InChI=1S/C18H24N2O5S/c1-2-11-19-17(21)14-25-18(22)15-7-9-16(10-8-15)26(23,24)20-12-5-3-4-6-13-20/h2,7-10H,1,3-6,11-14H2,(H,19,21). The van der Waals surface area contributed by atoms with Gasteiger partial charge in [0.1, 0.15) is 0 Å². The Morgan fingerprint density at radius 1 is 1.12 bits per heavy atom. The van der Waals surface area contributed by atoms with E-state index in [-0.39, 0.29) is 10.5 Å². The van der Waals surface area contributed by atoms with E-state index in [1.54, 1.807) is 0 Å². The van der Waals surface area contributed by atoms with Gasteiger partial charge in [-0.1, -0.05) is 18.9 Å². The summed E-state index contributed by atoms with van der Waals surface area (Å²) in [6, 6.07) is 5.59. The van der Waals surface area contributed by atoms with Gasteiger partial charge in [-0.25, -0.2) is 13.2 Å². The van der Waals surface area contributed by atoms with E-state index < -0.39 is 28.5 Å². The number of carbonyl (C=O) groups is 2. The molecule has 0 unspecified atom stereocenters. The van der Waals surface area contributed by atoms with Gasteiger partial charge in [0.05, 0.1) is 10.5 Å². The quantitative estimate of drug-likeness (QED) is 0.574. The summed E-state index contributed by atoms with van der Waals surface area (Å²) in [4.78, 5) is 23.5. The van der Waals surface area contributed by atoms with Crippen LogP contribution in [0, 0.1) is 0 Å². The number of esters is 1. The fourth-order valence-electron chi connectivity index (χ4n) is 2.65. The molecule has 8 heteroatoms. The normalized spacial score (nSPS) is 15.7. The van der Waals surface area contributed by atoms with E-state index in [1.165, 1.54) is 34.6 Å². The number of nitrogens with one attached hydrogen (secondary N) is 1. The van der Waals surface area contributed by atoms with Crippen LogP contribution in [0.4, 0.5) is 0 Å². The van der Waals surface area contributed by atoms with Gasteiger partial charge >= 0.3 is 5.97 Å². The molecule has 142 valence electrons. The highest BCUT2D eigenvalue weighted by Gasteiger charge is 2.25.